The molecule has 2 heterocycles. The molecule has 1 aliphatic heterocycles. The lowest BCUT2D eigenvalue weighted by atomic mass is 10.2. The number of piperazine rings is 1. The molecule has 0 unspecified atom stereocenters. The van der Waals surface area contributed by atoms with Crippen molar-refractivity contribution < 1.29 is 13.2 Å². The van der Waals surface area contributed by atoms with E-state index < -0.39 is 10.0 Å². The fourth-order valence-corrected chi connectivity index (χ4v) is 4.16. The second-order valence-electron chi connectivity index (χ2n) is 6.28. The lowest BCUT2D eigenvalue weighted by Crippen LogP contribution is -2.47. The number of hydrogen-bond acceptors (Lipinski definition) is 5. The zero-order valence-corrected chi connectivity index (χ0v) is 15.4. The minimum absolute atomic E-state index is 0.216. The summed E-state index contributed by atoms with van der Waals surface area (Å²) in [5.74, 6) is -0.216. The van der Waals surface area contributed by atoms with Gasteiger partial charge in [0, 0.05) is 45.1 Å². The van der Waals surface area contributed by atoms with E-state index in [9.17, 15) is 13.2 Å². The molecule has 1 fully saturated rings. The summed E-state index contributed by atoms with van der Waals surface area (Å²) in [5, 5.41) is 2.80. The molecular weight excluding hydrogens is 352 g/mol. The smallest absolute Gasteiger partial charge is 0.253 e. The highest BCUT2D eigenvalue weighted by atomic mass is 32.2. The van der Waals surface area contributed by atoms with E-state index in [1.54, 1.807) is 42.6 Å². The van der Waals surface area contributed by atoms with Crippen molar-refractivity contribution in [2.24, 2.45) is 0 Å². The van der Waals surface area contributed by atoms with Crippen LogP contribution in [0.15, 0.2) is 53.7 Å². The Morgan fingerprint density at radius 3 is 2.42 bits per heavy atom. The Balaban J connectivity index is 1.62. The highest BCUT2D eigenvalue weighted by Gasteiger charge is 2.27. The Morgan fingerprint density at radius 2 is 1.81 bits per heavy atom. The first-order chi connectivity index (χ1) is 12.5. The van der Waals surface area contributed by atoms with Gasteiger partial charge in [-0.05, 0) is 36.9 Å². The first kappa shape index (κ1) is 18.5. The largest absolute Gasteiger partial charge is 0.348 e. The second kappa shape index (κ2) is 7.94. The summed E-state index contributed by atoms with van der Waals surface area (Å²) in [6, 6.07) is 10.0. The summed E-state index contributed by atoms with van der Waals surface area (Å²) in [6.45, 7) is 2.79. The number of nitrogens with one attached hydrogen (secondary N) is 1. The first-order valence-electron chi connectivity index (χ1n) is 8.43. The van der Waals surface area contributed by atoms with Crippen LogP contribution in [0.25, 0.3) is 0 Å². The van der Waals surface area contributed by atoms with Gasteiger partial charge in [0.2, 0.25) is 10.0 Å². The highest BCUT2D eigenvalue weighted by molar-refractivity contribution is 7.89. The molecule has 1 saturated heterocycles. The molecule has 8 heteroatoms. The number of hydrogen-bond donors (Lipinski definition) is 1. The number of carbonyl (C=O) groups is 1. The molecule has 0 spiro atoms. The summed E-state index contributed by atoms with van der Waals surface area (Å²) in [4.78, 5) is 18.3. The maximum absolute atomic E-state index is 12.7. The third-order valence-electron chi connectivity index (χ3n) is 4.40. The minimum Gasteiger partial charge on any atom is -0.348 e. The fraction of sp³-hybridized carbons (Fsp3) is 0.333. The van der Waals surface area contributed by atoms with E-state index in [0.29, 0.717) is 25.2 Å². The lowest BCUT2D eigenvalue weighted by Gasteiger charge is -2.31. The number of carbonyl (C=O) groups excluding carboxylic acids is 1. The van der Waals surface area contributed by atoms with E-state index in [4.69, 9.17) is 0 Å². The van der Waals surface area contributed by atoms with Gasteiger partial charge in [-0.3, -0.25) is 9.78 Å². The van der Waals surface area contributed by atoms with Crippen molar-refractivity contribution in [3.63, 3.8) is 0 Å². The Hall–Kier alpha value is -2.29. The van der Waals surface area contributed by atoms with Crippen molar-refractivity contribution in [2.75, 3.05) is 33.2 Å². The number of nitrogens with zero attached hydrogens (tertiary/aromatic N) is 3. The molecule has 0 aliphatic carbocycles. The summed E-state index contributed by atoms with van der Waals surface area (Å²) >= 11 is 0. The zero-order chi connectivity index (χ0) is 18.6. The molecule has 2 aromatic rings. The molecule has 138 valence electrons. The fourth-order valence-electron chi connectivity index (χ4n) is 2.74. The van der Waals surface area contributed by atoms with Gasteiger partial charge in [0.1, 0.15) is 0 Å². The Labute approximate surface area is 153 Å². The van der Waals surface area contributed by atoms with E-state index >= 15 is 0 Å². The van der Waals surface area contributed by atoms with Crippen LogP contribution in [-0.4, -0.2) is 61.7 Å². The van der Waals surface area contributed by atoms with Gasteiger partial charge < -0.3 is 10.2 Å². The van der Waals surface area contributed by atoms with E-state index in [0.717, 1.165) is 18.7 Å². The van der Waals surface area contributed by atoms with E-state index in [1.165, 1.54) is 10.5 Å². The van der Waals surface area contributed by atoms with Crippen LogP contribution >= 0.6 is 0 Å². The molecule has 1 aliphatic rings. The SMILES string of the molecule is CN1CCN(S(=O)(=O)c2ccc(CNC(=O)c3cccnc3)cc2)CC1. The van der Waals surface area contributed by atoms with E-state index in [2.05, 4.69) is 15.2 Å². The molecule has 1 amide bonds. The van der Waals surface area contributed by atoms with Gasteiger partial charge in [0.15, 0.2) is 0 Å². The van der Waals surface area contributed by atoms with Crippen molar-refractivity contribution in [1.82, 2.24) is 19.5 Å². The molecule has 0 radical (unpaired) electrons. The summed E-state index contributed by atoms with van der Waals surface area (Å²) < 4.78 is 26.9. The monoisotopic (exact) mass is 374 g/mol. The molecule has 0 saturated carbocycles. The van der Waals surface area contributed by atoms with Crippen molar-refractivity contribution in [1.29, 1.82) is 0 Å². The average molecular weight is 374 g/mol. The van der Waals surface area contributed by atoms with Crippen LogP contribution in [0.3, 0.4) is 0 Å². The van der Waals surface area contributed by atoms with Crippen LogP contribution in [0.1, 0.15) is 15.9 Å². The van der Waals surface area contributed by atoms with Gasteiger partial charge in [-0.2, -0.15) is 4.31 Å². The van der Waals surface area contributed by atoms with Crippen molar-refractivity contribution in [3.8, 4) is 0 Å². The Morgan fingerprint density at radius 1 is 1.12 bits per heavy atom. The quantitative estimate of drug-likeness (QED) is 0.843. The number of pyridine rings is 1. The van der Waals surface area contributed by atoms with Crippen LogP contribution in [0.4, 0.5) is 0 Å². The Kier molecular flexibility index (Phi) is 5.65. The molecule has 26 heavy (non-hydrogen) atoms. The number of amides is 1. The van der Waals surface area contributed by atoms with Gasteiger partial charge >= 0.3 is 0 Å². The van der Waals surface area contributed by atoms with Gasteiger partial charge in [-0.15, -0.1) is 0 Å². The van der Waals surface area contributed by atoms with Crippen LogP contribution in [-0.2, 0) is 16.6 Å². The molecule has 1 aromatic heterocycles. The van der Waals surface area contributed by atoms with Gasteiger partial charge in [0.25, 0.3) is 5.91 Å². The van der Waals surface area contributed by atoms with E-state index in [-0.39, 0.29) is 10.8 Å². The van der Waals surface area contributed by atoms with Gasteiger partial charge in [-0.1, -0.05) is 12.1 Å². The summed E-state index contributed by atoms with van der Waals surface area (Å²) in [7, 11) is -1.48. The standard InChI is InChI=1S/C18H22N4O3S/c1-21-9-11-22(12-10-21)26(24,25)17-6-4-15(5-7-17)13-20-18(23)16-3-2-8-19-14-16/h2-8,14H,9-13H2,1H3,(H,20,23). The van der Waals surface area contributed by atoms with Crippen LogP contribution in [0.5, 0.6) is 0 Å². The van der Waals surface area contributed by atoms with Crippen LogP contribution < -0.4 is 5.32 Å². The van der Waals surface area contributed by atoms with Crippen LogP contribution in [0, 0.1) is 0 Å². The molecule has 1 N–H and O–H groups in total. The summed E-state index contributed by atoms with van der Waals surface area (Å²) in [6.07, 6.45) is 3.11. The number of rotatable bonds is 5. The molecule has 3 rings (SSSR count). The second-order valence-corrected chi connectivity index (χ2v) is 8.21. The number of benzene rings is 1. The average Bonchev–Trinajstić information content (AvgIpc) is 2.67. The minimum atomic E-state index is -3.47. The topological polar surface area (TPSA) is 82.6 Å². The molecule has 0 bridgehead atoms. The zero-order valence-electron chi connectivity index (χ0n) is 14.6. The molecule has 1 aromatic carbocycles. The molecular formula is C18H22N4O3S. The number of likely N-dealkylation sites (N-methyl/N-ethyl adjacent to an activating group) is 1. The van der Waals surface area contributed by atoms with Crippen molar-refractivity contribution >= 4 is 15.9 Å². The predicted octanol–water partition coefficient (Wildman–Crippen LogP) is 0.948. The Bertz CT molecular complexity index is 846. The van der Waals surface area contributed by atoms with Crippen molar-refractivity contribution in [2.45, 2.75) is 11.4 Å². The lowest BCUT2D eigenvalue weighted by molar-refractivity contribution is 0.0950. The van der Waals surface area contributed by atoms with Gasteiger partial charge in [0.05, 0.1) is 10.5 Å². The number of aromatic nitrogens is 1. The molecule has 0 atom stereocenters. The van der Waals surface area contributed by atoms with Crippen molar-refractivity contribution in [3.05, 3.63) is 59.9 Å². The van der Waals surface area contributed by atoms with Gasteiger partial charge in [-0.25, -0.2) is 8.42 Å². The highest BCUT2D eigenvalue weighted by Crippen LogP contribution is 2.18. The van der Waals surface area contributed by atoms with E-state index in [1.807, 2.05) is 7.05 Å². The van der Waals surface area contributed by atoms with Crippen LogP contribution in [0.2, 0.25) is 0 Å². The maximum atomic E-state index is 12.7. The number of sulfonamides is 1. The maximum Gasteiger partial charge on any atom is 0.253 e. The third-order valence-corrected chi connectivity index (χ3v) is 6.31. The first-order valence-corrected chi connectivity index (χ1v) is 9.87. The molecule has 7 nitrogen and oxygen atoms in total. The third kappa shape index (κ3) is 4.27. The normalized spacial score (nSPS) is 16.3. The predicted molar refractivity (Wildman–Crippen MR) is 98.1 cm³/mol. The summed E-state index contributed by atoms with van der Waals surface area (Å²) in [5.41, 5.74) is 1.32.